The number of aryl methyl sites for hydroxylation is 1. The van der Waals surface area contributed by atoms with Gasteiger partial charge in [0, 0.05) is 19.0 Å². The standard InChI is InChI=1S/C14H21N/c1-10-6-5-7-11-8-15-9-12(13(10)11)14(2,3)4/h5-7,12,15H,8-9H2,1-4H3. The Balaban J connectivity index is 2.50. The van der Waals surface area contributed by atoms with Crippen LogP contribution in [0, 0.1) is 12.3 Å². The number of benzene rings is 1. The second-order valence-corrected chi connectivity index (χ2v) is 5.70. The van der Waals surface area contributed by atoms with E-state index in [1.807, 2.05) is 0 Å². The van der Waals surface area contributed by atoms with Crippen LogP contribution in [0.3, 0.4) is 0 Å². The minimum absolute atomic E-state index is 0.342. The van der Waals surface area contributed by atoms with Gasteiger partial charge in [0.05, 0.1) is 0 Å². The first-order chi connectivity index (χ1) is 7.00. The van der Waals surface area contributed by atoms with Crippen molar-refractivity contribution < 1.29 is 0 Å². The predicted molar refractivity (Wildman–Crippen MR) is 65.1 cm³/mol. The molecular formula is C14H21N. The quantitative estimate of drug-likeness (QED) is 0.682. The zero-order chi connectivity index (χ0) is 11.1. The second kappa shape index (κ2) is 3.64. The molecule has 1 unspecified atom stereocenters. The van der Waals surface area contributed by atoms with Gasteiger partial charge in [-0.25, -0.2) is 0 Å². The third-order valence-corrected chi connectivity index (χ3v) is 3.47. The lowest BCUT2D eigenvalue weighted by Gasteiger charge is -2.37. The molecule has 0 fully saturated rings. The van der Waals surface area contributed by atoms with Crippen molar-refractivity contribution in [3.05, 3.63) is 34.9 Å². The molecule has 1 aromatic rings. The van der Waals surface area contributed by atoms with Crippen molar-refractivity contribution in [1.29, 1.82) is 0 Å². The molecule has 1 atom stereocenters. The molecule has 15 heavy (non-hydrogen) atoms. The van der Waals surface area contributed by atoms with Crippen molar-refractivity contribution >= 4 is 0 Å². The van der Waals surface area contributed by atoms with Gasteiger partial charge in [-0.2, -0.15) is 0 Å². The summed E-state index contributed by atoms with van der Waals surface area (Å²) in [6.45, 7) is 11.4. The maximum Gasteiger partial charge on any atom is 0.0208 e. The molecule has 1 aromatic carbocycles. The van der Waals surface area contributed by atoms with Crippen molar-refractivity contribution in [2.45, 2.75) is 40.2 Å². The van der Waals surface area contributed by atoms with Gasteiger partial charge in [0.2, 0.25) is 0 Å². The van der Waals surface area contributed by atoms with Crippen LogP contribution in [0.5, 0.6) is 0 Å². The highest BCUT2D eigenvalue weighted by Gasteiger charge is 2.31. The van der Waals surface area contributed by atoms with Crippen molar-refractivity contribution in [3.8, 4) is 0 Å². The summed E-state index contributed by atoms with van der Waals surface area (Å²) in [5, 5.41) is 3.52. The lowest BCUT2D eigenvalue weighted by atomic mass is 9.72. The molecule has 0 amide bonds. The average molecular weight is 203 g/mol. The van der Waals surface area contributed by atoms with Gasteiger partial charge in [-0.05, 0) is 29.0 Å². The molecule has 0 aromatic heterocycles. The lowest BCUT2D eigenvalue weighted by molar-refractivity contribution is 0.295. The number of nitrogens with one attached hydrogen (secondary N) is 1. The van der Waals surface area contributed by atoms with Gasteiger partial charge >= 0.3 is 0 Å². The molecule has 1 heteroatoms. The molecule has 1 aliphatic heterocycles. The van der Waals surface area contributed by atoms with E-state index in [0.717, 1.165) is 13.1 Å². The molecular weight excluding hydrogens is 182 g/mol. The molecule has 1 heterocycles. The highest BCUT2D eigenvalue weighted by atomic mass is 14.9. The van der Waals surface area contributed by atoms with E-state index in [9.17, 15) is 0 Å². The molecule has 1 N–H and O–H groups in total. The SMILES string of the molecule is Cc1cccc2c1C(C(C)(C)C)CNC2. The summed E-state index contributed by atoms with van der Waals surface area (Å²) >= 11 is 0. The first-order valence-corrected chi connectivity index (χ1v) is 5.79. The molecule has 0 bridgehead atoms. The Morgan fingerprint density at radius 2 is 2.00 bits per heavy atom. The fraction of sp³-hybridized carbons (Fsp3) is 0.571. The molecule has 0 radical (unpaired) electrons. The van der Waals surface area contributed by atoms with E-state index in [1.165, 1.54) is 11.1 Å². The van der Waals surface area contributed by atoms with Gasteiger partial charge in [-0.3, -0.25) is 0 Å². The zero-order valence-electron chi connectivity index (χ0n) is 10.2. The van der Waals surface area contributed by atoms with Crippen molar-refractivity contribution in [3.63, 3.8) is 0 Å². The number of hydrogen-bond donors (Lipinski definition) is 1. The maximum absolute atomic E-state index is 3.52. The number of rotatable bonds is 0. The van der Waals surface area contributed by atoms with Crippen LogP contribution >= 0.6 is 0 Å². The van der Waals surface area contributed by atoms with Crippen molar-refractivity contribution in [2.24, 2.45) is 5.41 Å². The third kappa shape index (κ3) is 1.93. The van der Waals surface area contributed by atoms with Gasteiger partial charge in [-0.1, -0.05) is 39.0 Å². The van der Waals surface area contributed by atoms with Gasteiger partial charge < -0.3 is 5.32 Å². The molecule has 2 rings (SSSR count). The normalized spacial score (nSPS) is 21.2. The van der Waals surface area contributed by atoms with E-state index in [0.29, 0.717) is 11.3 Å². The Morgan fingerprint density at radius 3 is 2.67 bits per heavy atom. The smallest absolute Gasteiger partial charge is 0.0208 e. The zero-order valence-corrected chi connectivity index (χ0v) is 10.2. The van der Waals surface area contributed by atoms with Crippen LogP contribution < -0.4 is 5.32 Å². The van der Waals surface area contributed by atoms with Crippen LogP contribution in [0.1, 0.15) is 43.4 Å². The summed E-state index contributed by atoms with van der Waals surface area (Å²) in [6.07, 6.45) is 0. The summed E-state index contributed by atoms with van der Waals surface area (Å²) < 4.78 is 0. The minimum Gasteiger partial charge on any atom is -0.312 e. The molecule has 0 saturated heterocycles. The molecule has 0 aliphatic carbocycles. The van der Waals surface area contributed by atoms with Crippen LogP contribution in [-0.2, 0) is 6.54 Å². The maximum atomic E-state index is 3.52. The number of fused-ring (bicyclic) bond motifs is 1. The summed E-state index contributed by atoms with van der Waals surface area (Å²) in [5.74, 6) is 0.641. The first-order valence-electron chi connectivity index (χ1n) is 5.79. The van der Waals surface area contributed by atoms with E-state index in [4.69, 9.17) is 0 Å². The van der Waals surface area contributed by atoms with Crippen molar-refractivity contribution in [1.82, 2.24) is 5.32 Å². The Kier molecular flexibility index (Phi) is 2.59. The fourth-order valence-electron chi connectivity index (χ4n) is 2.59. The topological polar surface area (TPSA) is 12.0 Å². The lowest BCUT2D eigenvalue weighted by Crippen LogP contribution is -2.35. The number of hydrogen-bond acceptors (Lipinski definition) is 1. The summed E-state index contributed by atoms with van der Waals surface area (Å²) in [6, 6.07) is 6.66. The first kappa shape index (κ1) is 10.7. The Labute approximate surface area is 92.9 Å². The Morgan fingerprint density at radius 1 is 1.27 bits per heavy atom. The minimum atomic E-state index is 0.342. The van der Waals surface area contributed by atoms with E-state index in [1.54, 1.807) is 5.56 Å². The van der Waals surface area contributed by atoms with Gasteiger partial charge in [0.15, 0.2) is 0 Å². The van der Waals surface area contributed by atoms with Gasteiger partial charge in [-0.15, -0.1) is 0 Å². The van der Waals surface area contributed by atoms with Crippen LogP contribution in [0.25, 0.3) is 0 Å². The van der Waals surface area contributed by atoms with Crippen molar-refractivity contribution in [2.75, 3.05) is 6.54 Å². The van der Waals surface area contributed by atoms with E-state index in [2.05, 4.69) is 51.2 Å². The molecule has 0 spiro atoms. The highest BCUT2D eigenvalue weighted by molar-refractivity contribution is 5.40. The largest absolute Gasteiger partial charge is 0.312 e. The Hall–Kier alpha value is -0.820. The third-order valence-electron chi connectivity index (χ3n) is 3.47. The molecule has 1 nitrogen and oxygen atoms in total. The summed E-state index contributed by atoms with van der Waals surface area (Å²) in [5.41, 5.74) is 4.87. The predicted octanol–water partition coefficient (Wildman–Crippen LogP) is 3.23. The van der Waals surface area contributed by atoms with Gasteiger partial charge in [0.25, 0.3) is 0 Å². The van der Waals surface area contributed by atoms with Gasteiger partial charge in [0.1, 0.15) is 0 Å². The molecule has 0 saturated carbocycles. The van der Waals surface area contributed by atoms with Crippen LogP contribution in [0.2, 0.25) is 0 Å². The monoisotopic (exact) mass is 203 g/mol. The summed E-state index contributed by atoms with van der Waals surface area (Å²) in [7, 11) is 0. The summed E-state index contributed by atoms with van der Waals surface area (Å²) in [4.78, 5) is 0. The molecule has 1 aliphatic rings. The van der Waals surface area contributed by atoms with E-state index in [-0.39, 0.29) is 0 Å². The van der Waals surface area contributed by atoms with Crippen LogP contribution in [0.4, 0.5) is 0 Å². The Bertz CT molecular complexity index is 360. The second-order valence-electron chi connectivity index (χ2n) is 5.70. The average Bonchev–Trinajstić information content (AvgIpc) is 2.16. The van der Waals surface area contributed by atoms with Crippen LogP contribution in [-0.4, -0.2) is 6.54 Å². The fourth-order valence-corrected chi connectivity index (χ4v) is 2.59. The van der Waals surface area contributed by atoms with E-state index < -0.39 is 0 Å². The highest BCUT2D eigenvalue weighted by Crippen LogP contribution is 2.39. The van der Waals surface area contributed by atoms with E-state index >= 15 is 0 Å². The van der Waals surface area contributed by atoms with Crippen LogP contribution in [0.15, 0.2) is 18.2 Å². The molecule has 82 valence electrons.